The molecule has 10 heavy (non-hydrogen) atoms. The second kappa shape index (κ2) is 2.05. The Balaban J connectivity index is 3.10. The van der Waals surface area contributed by atoms with Crippen LogP contribution in [0.4, 0.5) is 0 Å². The third kappa shape index (κ3) is 0.868. The minimum atomic E-state index is -3.10. The fourth-order valence-corrected chi connectivity index (χ4v) is 2.73. The van der Waals surface area contributed by atoms with Gasteiger partial charge in [0, 0.05) is 0 Å². The Morgan fingerprint density at radius 3 is 2.30 bits per heavy atom. The molecule has 0 aromatic rings. The van der Waals surface area contributed by atoms with E-state index in [-0.39, 0.29) is 5.75 Å². The first kappa shape index (κ1) is 7.72. The Kier molecular flexibility index (Phi) is 1.58. The average molecular weight is 162 g/mol. The van der Waals surface area contributed by atoms with Crippen molar-refractivity contribution in [2.75, 3.05) is 5.75 Å². The SMILES string of the molecule is CC1(C=O)CCCS1(=O)=O. The highest BCUT2D eigenvalue weighted by atomic mass is 32.2. The Morgan fingerprint density at radius 1 is 1.50 bits per heavy atom. The van der Waals surface area contributed by atoms with E-state index in [9.17, 15) is 13.2 Å². The van der Waals surface area contributed by atoms with Gasteiger partial charge in [-0.25, -0.2) is 8.42 Å². The molecule has 1 saturated heterocycles. The maximum Gasteiger partial charge on any atom is 0.162 e. The molecule has 0 spiro atoms. The fourth-order valence-electron chi connectivity index (χ4n) is 1.13. The Labute approximate surface area is 60.3 Å². The molecule has 0 amide bonds. The molecule has 1 aliphatic rings. The monoisotopic (exact) mass is 162 g/mol. The quantitative estimate of drug-likeness (QED) is 0.516. The van der Waals surface area contributed by atoms with Crippen molar-refractivity contribution in [2.24, 2.45) is 0 Å². The molecule has 0 aliphatic carbocycles. The highest BCUT2D eigenvalue weighted by Gasteiger charge is 2.43. The van der Waals surface area contributed by atoms with Crippen molar-refractivity contribution in [3.05, 3.63) is 0 Å². The number of hydrogen-bond donors (Lipinski definition) is 0. The summed E-state index contributed by atoms with van der Waals surface area (Å²) >= 11 is 0. The first-order valence-corrected chi connectivity index (χ1v) is 4.86. The Morgan fingerprint density at radius 2 is 2.10 bits per heavy atom. The molecule has 0 bridgehead atoms. The largest absolute Gasteiger partial charge is 0.302 e. The molecule has 0 saturated carbocycles. The van der Waals surface area contributed by atoms with Gasteiger partial charge in [-0.1, -0.05) is 0 Å². The van der Waals surface area contributed by atoms with Gasteiger partial charge in [-0.2, -0.15) is 0 Å². The molecule has 4 heteroatoms. The van der Waals surface area contributed by atoms with Crippen LogP contribution in [0.15, 0.2) is 0 Å². The number of aldehydes is 1. The lowest BCUT2D eigenvalue weighted by Gasteiger charge is -2.12. The first-order valence-electron chi connectivity index (χ1n) is 3.20. The normalized spacial score (nSPS) is 37.7. The van der Waals surface area contributed by atoms with Crippen molar-refractivity contribution in [2.45, 2.75) is 24.5 Å². The number of rotatable bonds is 1. The molecular formula is C6H10O3S. The Bertz CT molecular complexity index is 242. The van der Waals surface area contributed by atoms with E-state index < -0.39 is 14.6 Å². The van der Waals surface area contributed by atoms with Gasteiger partial charge in [-0.05, 0) is 19.8 Å². The molecule has 0 radical (unpaired) electrons. The van der Waals surface area contributed by atoms with Gasteiger partial charge in [0.15, 0.2) is 9.84 Å². The van der Waals surface area contributed by atoms with Crippen molar-refractivity contribution in [1.82, 2.24) is 0 Å². The van der Waals surface area contributed by atoms with Gasteiger partial charge in [0.2, 0.25) is 0 Å². The minimum absolute atomic E-state index is 0.169. The molecule has 0 aromatic heterocycles. The summed E-state index contributed by atoms with van der Waals surface area (Å²) in [5.41, 5.74) is 0. The summed E-state index contributed by atoms with van der Waals surface area (Å²) in [7, 11) is -3.10. The molecule has 3 nitrogen and oxygen atoms in total. The summed E-state index contributed by atoms with van der Waals surface area (Å²) < 4.78 is 21.1. The van der Waals surface area contributed by atoms with Crippen molar-refractivity contribution < 1.29 is 13.2 Å². The van der Waals surface area contributed by atoms with Crippen molar-refractivity contribution in [1.29, 1.82) is 0 Å². The molecular weight excluding hydrogens is 152 g/mol. The summed E-state index contributed by atoms with van der Waals surface area (Å²) in [5, 5.41) is 0. The number of carbonyl (C=O) groups excluding carboxylic acids is 1. The summed E-state index contributed by atoms with van der Waals surface area (Å²) in [6.45, 7) is 1.49. The Hall–Kier alpha value is -0.380. The molecule has 1 fully saturated rings. The highest BCUT2D eigenvalue weighted by Crippen LogP contribution is 2.29. The van der Waals surface area contributed by atoms with Crippen LogP contribution in [0.25, 0.3) is 0 Å². The van der Waals surface area contributed by atoms with Crippen molar-refractivity contribution in [3.8, 4) is 0 Å². The van der Waals surface area contributed by atoms with Gasteiger partial charge in [-0.3, -0.25) is 0 Å². The zero-order valence-corrected chi connectivity index (χ0v) is 6.65. The first-order chi connectivity index (χ1) is 4.52. The lowest BCUT2D eigenvalue weighted by Crippen LogP contribution is -2.32. The third-order valence-corrected chi connectivity index (χ3v) is 4.59. The average Bonchev–Trinajstić information content (AvgIpc) is 2.10. The molecule has 1 atom stereocenters. The standard InChI is InChI=1S/C6H10O3S/c1-6(5-7)3-2-4-10(6,8)9/h5H,2-4H2,1H3. The fraction of sp³-hybridized carbons (Fsp3) is 0.833. The number of sulfone groups is 1. The highest BCUT2D eigenvalue weighted by molar-refractivity contribution is 7.93. The van der Waals surface area contributed by atoms with Crippen LogP contribution in [0.3, 0.4) is 0 Å². The number of carbonyl (C=O) groups is 1. The van der Waals surface area contributed by atoms with Gasteiger partial charge in [-0.15, -0.1) is 0 Å². The second-order valence-electron chi connectivity index (χ2n) is 2.85. The molecule has 1 rings (SSSR count). The minimum Gasteiger partial charge on any atom is -0.302 e. The molecule has 1 unspecified atom stereocenters. The predicted molar refractivity (Wildman–Crippen MR) is 37.5 cm³/mol. The lowest BCUT2D eigenvalue weighted by molar-refractivity contribution is -0.109. The zero-order chi connectivity index (χ0) is 7.83. The summed E-state index contributed by atoms with van der Waals surface area (Å²) in [4.78, 5) is 10.4. The predicted octanol–water partition coefficient (Wildman–Crippen LogP) is 0.153. The van der Waals surface area contributed by atoms with Crippen LogP contribution < -0.4 is 0 Å². The van der Waals surface area contributed by atoms with Crippen molar-refractivity contribution in [3.63, 3.8) is 0 Å². The van der Waals surface area contributed by atoms with E-state index >= 15 is 0 Å². The van der Waals surface area contributed by atoms with E-state index in [4.69, 9.17) is 0 Å². The van der Waals surface area contributed by atoms with Crippen LogP contribution in [-0.2, 0) is 14.6 Å². The molecule has 58 valence electrons. The topological polar surface area (TPSA) is 51.2 Å². The second-order valence-corrected chi connectivity index (χ2v) is 5.42. The molecule has 0 N–H and O–H groups in total. The maximum atomic E-state index is 11.1. The molecule has 0 aromatic carbocycles. The van der Waals surface area contributed by atoms with E-state index in [0.29, 0.717) is 19.1 Å². The van der Waals surface area contributed by atoms with Crippen LogP contribution in [-0.4, -0.2) is 25.2 Å². The van der Waals surface area contributed by atoms with Crippen LogP contribution >= 0.6 is 0 Å². The van der Waals surface area contributed by atoms with E-state index in [1.165, 1.54) is 6.92 Å². The maximum absolute atomic E-state index is 11.1. The van der Waals surface area contributed by atoms with Crippen LogP contribution in [0.1, 0.15) is 19.8 Å². The van der Waals surface area contributed by atoms with Gasteiger partial charge in [0.25, 0.3) is 0 Å². The van der Waals surface area contributed by atoms with Crippen molar-refractivity contribution >= 4 is 16.1 Å². The van der Waals surface area contributed by atoms with E-state index in [1.807, 2.05) is 0 Å². The van der Waals surface area contributed by atoms with Gasteiger partial charge >= 0.3 is 0 Å². The van der Waals surface area contributed by atoms with E-state index in [2.05, 4.69) is 0 Å². The van der Waals surface area contributed by atoms with E-state index in [1.54, 1.807) is 0 Å². The lowest BCUT2D eigenvalue weighted by atomic mass is 10.1. The smallest absolute Gasteiger partial charge is 0.162 e. The van der Waals surface area contributed by atoms with Crippen LogP contribution in [0.5, 0.6) is 0 Å². The zero-order valence-electron chi connectivity index (χ0n) is 5.83. The number of hydrogen-bond acceptors (Lipinski definition) is 3. The van der Waals surface area contributed by atoms with Gasteiger partial charge < -0.3 is 4.79 Å². The van der Waals surface area contributed by atoms with E-state index in [0.717, 1.165) is 0 Å². The molecule has 1 heterocycles. The van der Waals surface area contributed by atoms with Crippen LogP contribution in [0, 0.1) is 0 Å². The molecule has 1 aliphatic heterocycles. The summed E-state index contributed by atoms with van der Waals surface area (Å²) in [6.07, 6.45) is 1.66. The summed E-state index contributed by atoms with van der Waals surface area (Å²) in [6, 6.07) is 0. The van der Waals surface area contributed by atoms with Gasteiger partial charge in [0.1, 0.15) is 11.0 Å². The third-order valence-electron chi connectivity index (χ3n) is 2.05. The van der Waals surface area contributed by atoms with Crippen LogP contribution in [0.2, 0.25) is 0 Å². The summed E-state index contributed by atoms with van der Waals surface area (Å²) in [5.74, 6) is 0.169. The van der Waals surface area contributed by atoms with Gasteiger partial charge in [0.05, 0.1) is 5.75 Å².